The number of alkyl halides is 3. The summed E-state index contributed by atoms with van der Waals surface area (Å²) in [5, 5.41) is 9.84. The summed E-state index contributed by atoms with van der Waals surface area (Å²) in [4.78, 5) is 4.32. The third kappa shape index (κ3) is 5.59. The van der Waals surface area contributed by atoms with Gasteiger partial charge in [0.25, 0.3) is 0 Å². The third-order valence-corrected chi connectivity index (χ3v) is 7.14. The van der Waals surface area contributed by atoms with Crippen LogP contribution in [0.3, 0.4) is 0 Å². The predicted octanol–water partition coefficient (Wildman–Crippen LogP) is 6.99. The lowest BCUT2D eigenvalue weighted by Crippen LogP contribution is -2.21. The molecular formula is C29H29F4NO3. The number of benzene rings is 2. The van der Waals surface area contributed by atoms with Crippen LogP contribution < -0.4 is 9.47 Å². The van der Waals surface area contributed by atoms with Gasteiger partial charge in [0, 0.05) is 24.2 Å². The molecule has 0 saturated heterocycles. The molecule has 0 bridgehead atoms. The summed E-state index contributed by atoms with van der Waals surface area (Å²) in [6.45, 7) is 5.03. The van der Waals surface area contributed by atoms with Crippen LogP contribution in [0.5, 0.6) is 11.6 Å². The average molecular weight is 516 g/mol. The zero-order chi connectivity index (χ0) is 26.5. The Balaban J connectivity index is 1.39. The molecule has 0 spiro atoms. The first kappa shape index (κ1) is 25.5. The Morgan fingerprint density at radius 3 is 2.54 bits per heavy atom. The topological polar surface area (TPSA) is 51.6 Å². The van der Waals surface area contributed by atoms with Gasteiger partial charge in [0.15, 0.2) is 0 Å². The summed E-state index contributed by atoms with van der Waals surface area (Å²) in [6.07, 6.45) is -0.374. The second-order valence-electron chi connectivity index (χ2n) is 10.7. The largest absolute Gasteiger partial charge is 0.493 e. The van der Waals surface area contributed by atoms with E-state index in [4.69, 9.17) is 9.47 Å². The number of nitrogens with zero attached hydrogens (tertiary/aromatic N) is 1. The number of ether oxygens (including phenoxy) is 2. The van der Waals surface area contributed by atoms with Crippen molar-refractivity contribution in [3.63, 3.8) is 0 Å². The summed E-state index contributed by atoms with van der Waals surface area (Å²) in [5.74, 6) is 1.11. The molecule has 2 atom stereocenters. The van der Waals surface area contributed by atoms with Crippen molar-refractivity contribution < 1.29 is 32.1 Å². The molecule has 0 radical (unpaired) electrons. The number of hydrogen-bond acceptors (Lipinski definition) is 4. The Bertz CT molecular complexity index is 1330. The van der Waals surface area contributed by atoms with Crippen LogP contribution in [0.1, 0.15) is 60.4 Å². The number of aromatic nitrogens is 1. The van der Waals surface area contributed by atoms with Crippen LogP contribution in [0.4, 0.5) is 17.6 Å². The summed E-state index contributed by atoms with van der Waals surface area (Å²) in [6, 6.07) is 8.34. The Labute approximate surface area is 213 Å². The van der Waals surface area contributed by atoms with E-state index < -0.39 is 23.2 Å². The molecule has 0 unspecified atom stereocenters. The van der Waals surface area contributed by atoms with Crippen LogP contribution in [0.2, 0.25) is 0 Å². The number of rotatable bonds is 8. The Morgan fingerprint density at radius 1 is 1.05 bits per heavy atom. The number of aliphatic hydroxyl groups is 1. The Kier molecular flexibility index (Phi) is 6.42. The van der Waals surface area contributed by atoms with Crippen molar-refractivity contribution >= 4 is 0 Å². The van der Waals surface area contributed by atoms with E-state index in [1.165, 1.54) is 29.7 Å². The monoisotopic (exact) mass is 515 g/mol. The predicted molar refractivity (Wildman–Crippen MR) is 131 cm³/mol. The van der Waals surface area contributed by atoms with Crippen LogP contribution in [0, 0.1) is 18.7 Å². The summed E-state index contributed by atoms with van der Waals surface area (Å²) in [7, 11) is 0. The standard InChI is InChI=1S/C29H29F4NO3/c1-16-8-20(36-7-6-28(2,3)35)4-5-21(16)23-11-19(26(30)13-25(23)29(31,32)33)15-37-27-12-18-9-17-10-22(17)24(18)14-34-27/h4-5,8,11-14,17,22,35H,6-7,9-10,15H2,1-3H3/t17-,22+/m0/s1. The third-order valence-electron chi connectivity index (χ3n) is 7.14. The highest BCUT2D eigenvalue weighted by molar-refractivity contribution is 5.73. The van der Waals surface area contributed by atoms with Gasteiger partial charge in [-0.2, -0.15) is 13.2 Å². The first-order valence-electron chi connectivity index (χ1n) is 12.4. The van der Waals surface area contributed by atoms with E-state index in [-0.39, 0.29) is 24.3 Å². The molecule has 1 heterocycles. The fourth-order valence-corrected chi connectivity index (χ4v) is 5.00. The zero-order valence-electron chi connectivity index (χ0n) is 21.0. The quantitative estimate of drug-likeness (QED) is 0.329. The maximum Gasteiger partial charge on any atom is 0.417 e. The highest BCUT2D eigenvalue weighted by atomic mass is 19.4. The second kappa shape index (κ2) is 9.31. The van der Waals surface area contributed by atoms with Crippen LogP contribution in [0.25, 0.3) is 11.1 Å². The molecule has 37 heavy (non-hydrogen) atoms. The van der Waals surface area contributed by atoms with Gasteiger partial charge in [0.1, 0.15) is 18.2 Å². The second-order valence-corrected chi connectivity index (χ2v) is 10.7. The van der Waals surface area contributed by atoms with Crippen molar-refractivity contribution in [3.05, 3.63) is 76.2 Å². The van der Waals surface area contributed by atoms with Crippen LogP contribution in [-0.2, 0) is 19.2 Å². The molecule has 5 rings (SSSR count). The molecular weight excluding hydrogens is 486 g/mol. The lowest BCUT2D eigenvalue weighted by Gasteiger charge is -2.19. The molecule has 0 amide bonds. The van der Waals surface area contributed by atoms with Crippen molar-refractivity contribution in [2.45, 2.75) is 64.3 Å². The highest BCUT2D eigenvalue weighted by Gasteiger charge is 2.45. The van der Waals surface area contributed by atoms with Crippen LogP contribution in [-0.4, -0.2) is 22.3 Å². The number of aryl methyl sites for hydroxylation is 1. The SMILES string of the molecule is Cc1cc(OCCC(C)(C)O)ccc1-c1cc(COc2cc3c(cn2)[C@@H]2C[C@@H]2C3)c(F)cc1C(F)(F)F. The van der Waals surface area contributed by atoms with Crippen molar-refractivity contribution in [3.8, 4) is 22.8 Å². The molecule has 1 saturated carbocycles. The first-order chi connectivity index (χ1) is 17.4. The molecule has 196 valence electrons. The van der Waals surface area contributed by atoms with E-state index >= 15 is 0 Å². The number of pyridine rings is 1. The van der Waals surface area contributed by atoms with Crippen molar-refractivity contribution in [1.29, 1.82) is 0 Å². The highest BCUT2D eigenvalue weighted by Crippen LogP contribution is 2.56. The molecule has 2 aromatic carbocycles. The molecule has 4 nitrogen and oxygen atoms in total. The number of fused-ring (bicyclic) bond motifs is 3. The van der Waals surface area contributed by atoms with E-state index in [1.54, 1.807) is 39.1 Å². The van der Waals surface area contributed by atoms with Crippen LogP contribution >= 0.6 is 0 Å². The smallest absolute Gasteiger partial charge is 0.417 e. The summed E-state index contributed by atoms with van der Waals surface area (Å²) >= 11 is 0. The van der Waals surface area contributed by atoms with Gasteiger partial charge in [0.2, 0.25) is 5.88 Å². The van der Waals surface area contributed by atoms with Crippen molar-refractivity contribution in [1.82, 2.24) is 4.98 Å². The lowest BCUT2D eigenvalue weighted by molar-refractivity contribution is -0.137. The minimum absolute atomic E-state index is 0.0121. The first-order valence-corrected chi connectivity index (χ1v) is 12.4. The maximum absolute atomic E-state index is 14.8. The maximum atomic E-state index is 14.8. The Morgan fingerprint density at radius 2 is 1.84 bits per heavy atom. The minimum atomic E-state index is -4.74. The van der Waals surface area contributed by atoms with Gasteiger partial charge < -0.3 is 14.6 Å². The number of halogens is 4. The summed E-state index contributed by atoms with van der Waals surface area (Å²) in [5.41, 5.74) is 1.22. The normalized spacial score (nSPS) is 18.4. The Hall–Kier alpha value is -3.13. The van der Waals surface area contributed by atoms with E-state index in [0.29, 0.717) is 47.1 Å². The van der Waals surface area contributed by atoms with Crippen molar-refractivity contribution in [2.24, 2.45) is 5.92 Å². The van der Waals surface area contributed by atoms with Gasteiger partial charge in [-0.15, -0.1) is 0 Å². The fourth-order valence-electron chi connectivity index (χ4n) is 5.00. The van der Waals surface area contributed by atoms with Gasteiger partial charge in [-0.25, -0.2) is 9.37 Å². The van der Waals surface area contributed by atoms with Gasteiger partial charge >= 0.3 is 6.18 Å². The fraction of sp³-hybridized carbons (Fsp3) is 0.414. The molecule has 8 heteroatoms. The average Bonchev–Trinajstić information content (AvgIpc) is 3.47. The van der Waals surface area contributed by atoms with Gasteiger partial charge in [-0.1, -0.05) is 6.07 Å². The van der Waals surface area contributed by atoms with E-state index in [1.807, 2.05) is 6.07 Å². The van der Waals surface area contributed by atoms with Gasteiger partial charge in [-0.3, -0.25) is 0 Å². The van der Waals surface area contributed by atoms with Crippen molar-refractivity contribution in [2.75, 3.05) is 6.61 Å². The molecule has 1 N–H and O–H groups in total. The summed E-state index contributed by atoms with van der Waals surface area (Å²) < 4.78 is 67.9. The molecule has 2 aliphatic rings. The molecule has 2 aliphatic carbocycles. The van der Waals surface area contributed by atoms with E-state index in [2.05, 4.69) is 4.98 Å². The van der Waals surface area contributed by atoms with Gasteiger partial charge in [0.05, 0.1) is 17.8 Å². The lowest BCUT2D eigenvalue weighted by atomic mass is 9.93. The molecule has 0 aliphatic heterocycles. The number of hydrogen-bond donors (Lipinski definition) is 1. The molecule has 3 aromatic rings. The molecule has 1 aromatic heterocycles. The van der Waals surface area contributed by atoms with Gasteiger partial charge in [-0.05, 0) is 97.5 Å². The van der Waals surface area contributed by atoms with E-state index in [0.717, 1.165) is 6.42 Å². The zero-order valence-corrected chi connectivity index (χ0v) is 21.0. The minimum Gasteiger partial charge on any atom is -0.493 e. The van der Waals surface area contributed by atoms with E-state index in [9.17, 15) is 22.7 Å². The molecule has 1 fully saturated rings. The van der Waals surface area contributed by atoms with Crippen LogP contribution in [0.15, 0.2) is 42.6 Å².